The molecule has 4 heteroatoms. The number of hydrogen-bond donors (Lipinski definition) is 2. The maximum atomic E-state index is 9.71. The lowest BCUT2D eigenvalue weighted by Crippen LogP contribution is -2.16. The summed E-state index contributed by atoms with van der Waals surface area (Å²) in [6.45, 7) is 1.52. The average molecular weight is 251 g/mol. The van der Waals surface area contributed by atoms with Crippen molar-refractivity contribution in [2.24, 2.45) is 0 Å². The van der Waals surface area contributed by atoms with Crippen molar-refractivity contribution in [2.45, 2.75) is 6.54 Å². The maximum absolute atomic E-state index is 9.71. The maximum Gasteiger partial charge on any atom is 0.123 e. The zero-order valence-electron chi connectivity index (χ0n) is 9.90. The third-order valence-corrected chi connectivity index (χ3v) is 3.08. The van der Waals surface area contributed by atoms with Crippen molar-refractivity contribution >= 4 is 11.8 Å². The normalized spacial score (nSPS) is 9.88. The van der Waals surface area contributed by atoms with Gasteiger partial charge < -0.3 is 15.2 Å². The van der Waals surface area contributed by atoms with E-state index in [0.29, 0.717) is 12.3 Å². The second-order valence-corrected chi connectivity index (χ2v) is 4.53. The monoisotopic (exact) mass is 251 g/mol. The van der Waals surface area contributed by atoms with Crippen molar-refractivity contribution in [2.75, 3.05) is 25.2 Å². The van der Waals surface area contributed by atoms with Gasteiger partial charge in [0.2, 0.25) is 0 Å². The first-order chi connectivity index (χ1) is 8.27. The van der Waals surface area contributed by atoms with Crippen molar-refractivity contribution in [1.82, 2.24) is 5.32 Å². The van der Waals surface area contributed by atoms with E-state index >= 15 is 0 Å². The van der Waals surface area contributed by atoms with Crippen LogP contribution in [0.3, 0.4) is 0 Å². The van der Waals surface area contributed by atoms with E-state index in [4.69, 9.17) is 11.2 Å². The van der Waals surface area contributed by atoms with Crippen LogP contribution < -0.4 is 10.1 Å². The molecule has 0 fully saturated rings. The molecule has 3 nitrogen and oxygen atoms in total. The standard InChI is InChI=1S/C13H17NO2S/c1-3-7-17-8-6-14-10-11-4-5-12(16-2)9-13(11)15/h1,4-5,9,14-15H,6-8,10H2,2H3. The molecule has 1 rings (SSSR count). The minimum absolute atomic E-state index is 0.258. The summed E-state index contributed by atoms with van der Waals surface area (Å²) in [4.78, 5) is 0. The second kappa shape index (κ2) is 7.88. The molecule has 0 aliphatic carbocycles. The molecule has 0 aromatic heterocycles. The molecule has 0 spiro atoms. The van der Waals surface area contributed by atoms with Gasteiger partial charge in [0.15, 0.2) is 0 Å². The van der Waals surface area contributed by atoms with Crippen molar-refractivity contribution in [3.63, 3.8) is 0 Å². The molecule has 2 N–H and O–H groups in total. The first-order valence-corrected chi connectivity index (χ1v) is 6.51. The molecule has 0 bridgehead atoms. The van der Waals surface area contributed by atoms with E-state index in [2.05, 4.69) is 11.2 Å². The zero-order valence-corrected chi connectivity index (χ0v) is 10.7. The molecule has 17 heavy (non-hydrogen) atoms. The number of aromatic hydroxyl groups is 1. The second-order valence-electron chi connectivity index (χ2n) is 3.43. The van der Waals surface area contributed by atoms with Crippen molar-refractivity contribution in [3.05, 3.63) is 23.8 Å². The van der Waals surface area contributed by atoms with Crippen LogP contribution in [0.4, 0.5) is 0 Å². The molecule has 92 valence electrons. The van der Waals surface area contributed by atoms with E-state index in [-0.39, 0.29) is 5.75 Å². The van der Waals surface area contributed by atoms with E-state index in [1.54, 1.807) is 24.9 Å². The van der Waals surface area contributed by atoms with Crippen LogP contribution in [0.15, 0.2) is 18.2 Å². The van der Waals surface area contributed by atoms with Crippen LogP contribution in [0, 0.1) is 12.3 Å². The number of rotatable bonds is 7. The van der Waals surface area contributed by atoms with Gasteiger partial charge in [-0.1, -0.05) is 12.0 Å². The Kier molecular flexibility index (Phi) is 6.38. The number of methoxy groups -OCH3 is 1. The molecule has 0 unspecified atom stereocenters. The van der Waals surface area contributed by atoms with Crippen molar-refractivity contribution in [3.8, 4) is 23.8 Å². The summed E-state index contributed by atoms with van der Waals surface area (Å²) >= 11 is 1.72. The fourth-order valence-electron chi connectivity index (χ4n) is 1.32. The third kappa shape index (κ3) is 5.03. The van der Waals surface area contributed by atoms with Gasteiger partial charge in [-0.2, -0.15) is 0 Å². The molecular weight excluding hydrogens is 234 g/mol. The number of benzene rings is 1. The molecule has 0 atom stereocenters. The quantitative estimate of drug-likeness (QED) is 0.573. The number of terminal acetylenes is 1. The van der Waals surface area contributed by atoms with Gasteiger partial charge in [-0.25, -0.2) is 0 Å². The van der Waals surface area contributed by atoms with Crippen molar-refractivity contribution < 1.29 is 9.84 Å². The van der Waals surface area contributed by atoms with E-state index in [9.17, 15) is 5.11 Å². The fourth-order valence-corrected chi connectivity index (χ4v) is 1.87. The Labute approximate surface area is 107 Å². The Balaban J connectivity index is 2.30. The Bertz CT molecular complexity index is 387. The molecule has 0 aliphatic rings. The van der Waals surface area contributed by atoms with Crippen LogP contribution in [0.25, 0.3) is 0 Å². The number of ether oxygens (including phenoxy) is 1. The van der Waals surface area contributed by atoms with Gasteiger partial charge in [0.25, 0.3) is 0 Å². The van der Waals surface area contributed by atoms with Crippen LogP contribution in [0.1, 0.15) is 5.56 Å². The predicted molar refractivity (Wildman–Crippen MR) is 72.5 cm³/mol. The van der Waals surface area contributed by atoms with Gasteiger partial charge in [-0.15, -0.1) is 18.2 Å². The summed E-state index contributed by atoms with van der Waals surface area (Å²) in [7, 11) is 1.58. The van der Waals surface area contributed by atoms with Crippen molar-refractivity contribution in [1.29, 1.82) is 0 Å². The lowest BCUT2D eigenvalue weighted by atomic mass is 10.2. The average Bonchev–Trinajstić information content (AvgIpc) is 2.35. The molecular formula is C13H17NO2S. The summed E-state index contributed by atoms with van der Waals surface area (Å²) in [6, 6.07) is 5.31. The van der Waals surface area contributed by atoms with Crippen LogP contribution in [-0.4, -0.2) is 30.3 Å². The molecule has 1 aromatic rings. The van der Waals surface area contributed by atoms with E-state index in [0.717, 1.165) is 23.6 Å². The number of thioether (sulfide) groups is 1. The minimum Gasteiger partial charge on any atom is -0.507 e. The molecule has 0 saturated carbocycles. The number of phenols is 1. The summed E-state index contributed by atoms with van der Waals surface area (Å²) in [5.74, 6) is 5.22. The molecule has 0 heterocycles. The lowest BCUT2D eigenvalue weighted by molar-refractivity contribution is 0.406. The zero-order chi connectivity index (χ0) is 12.5. The van der Waals surface area contributed by atoms with Gasteiger partial charge in [0, 0.05) is 30.5 Å². The van der Waals surface area contributed by atoms with Crippen LogP contribution in [0.2, 0.25) is 0 Å². The van der Waals surface area contributed by atoms with Crippen LogP contribution in [-0.2, 0) is 6.54 Å². The Morgan fingerprint density at radius 2 is 2.35 bits per heavy atom. The predicted octanol–water partition coefficient (Wildman–Crippen LogP) is 1.86. The van der Waals surface area contributed by atoms with E-state index < -0.39 is 0 Å². The highest BCUT2D eigenvalue weighted by molar-refractivity contribution is 7.99. The molecule has 0 aliphatic heterocycles. The van der Waals surface area contributed by atoms with Gasteiger partial charge in [0.05, 0.1) is 12.9 Å². The highest BCUT2D eigenvalue weighted by Gasteiger charge is 2.02. The highest BCUT2D eigenvalue weighted by Crippen LogP contribution is 2.22. The van der Waals surface area contributed by atoms with Crippen LogP contribution >= 0.6 is 11.8 Å². The molecule has 0 radical (unpaired) electrons. The summed E-state index contributed by atoms with van der Waals surface area (Å²) < 4.78 is 5.02. The Morgan fingerprint density at radius 3 is 3.00 bits per heavy atom. The molecule has 1 aromatic carbocycles. The lowest BCUT2D eigenvalue weighted by Gasteiger charge is -2.08. The topological polar surface area (TPSA) is 41.5 Å². The van der Waals surface area contributed by atoms with Crippen LogP contribution in [0.5, 0.6) is 11.5 Å². The Hall–Kier alpha value is -1.31. The number of hydrogen-bond acceptors (Lipinski definition) is 4. The Morgan fingerprint density at radius 1 is 1.53 bits per heavy atom. The van der Waals surface area contributed by atoms with E-state index in [1.807, 2.05) is 12.1 Å². The van der Waals surface area contributed by atoms with Gasteiger partial charge >= 0.3 is 0 Å². The third-order valence-electron chi connectivity index (χ3n) is 2.22. The summed E-state index contributed by atoms with van der Waals surface area (Å²) in [6.07, 6.45) is 5.15. The molecule has 0 saturated heterocycles. The minimum atomic E-state index is 0.258. The number of phenolic OH excluding ortho intramolecular Hbond substituents is 1. The summed E-state index contributed by atoms with van der Waals surface area (Å²) in [5.41, 5.74) is 0.868. The van der Waals surface area contributed by atoms with E-state index in [1.165, 1.54) is 0 Å². The smallest absolute Gasteiger partial charge is 0.123 e. The van der Waals surface area contributed by atoms with Gasteiger partial charge in [-0.05, 0) is 6.07 Å². The first-order valence-electron chi connectivity index (χ1n) is 5.35. The number of nitrogens with one attached hydrogen (secondary N) is 1. The SMILES string of the molecule is C#CCSCCNCc1ccc(OC)cc1O. The largest absolute Gasteiger partial charge is 0.507 e. The summed E-state index contributed by atoms with van der Waals surface area (Å²) in [5, 5.41) is 13.0. The molecule has 0 amide bonds. The fraction of sp³-hybridized carbons (Fsp3) is 0.385. The van der Waals surface area contributed by atoms with Gasteiger partial charge in [0.1, 0.15) is 11.5 Å². The van der Waals surface area contributed by atoms with Gasteiger partial charge in [-0.3, -0.25) is 0 Å². The highest BCUT2D eigenvalue weighted by atomic mass is 32.2. The first kappa shape index (κ1) is 13.8.